The van der Waals surface area contributed by atoms with Crippen LogP contribution in [-0.2, 0) is 16.0 Å². The molecular weight excluding hydrogens is 302 g/mol. The lowest BCUT2D eigenvalue weighted by Gasteiger charge is -2.07. The summed E-state index contributed by atoms with van der Waals surface area (Å²) in [6, 6.07) is 16.7. The predicted molar refractivity (Wildman–Crippen MR) is 93.4 cm³/mol. The predicted octanol–water partition coefficient (Wildman–Crippen LogP) is 3.42. The Bertz CT molecular complexity index is 761. The van der Waals surface area contributed by atoms with Crippen LogP contribution in [0.2, 0.25) is 0 Å². The summed E-state index contributed by atoms with van der Waals surface area (Å²) in [5.41, 5.74) is 3.58. The third kappa shape index (κ3) is 5.58. The molecule has 0 unspecified atom stereocenters. The number of hydrogen-bond donors (Lipinski definition) is 2. The molecule has 2 rings (SSSR count). The fraction of sp³-hybridized carbons (Fsp3) is 0.211. The number of amides is 2. The van der Waals surface area contributed by atoms with Gasteiger partial charge in [-0.15, -0.1) is 0 Å². The average Bonchev–Trinajstić information content (AvgIpc) is 2.55. The summed E-state index contributed by atoms with van der Waals surface area (Å²) in [5.74, 6) is -0.412. The lowest BCUT2D eigenvalue weighted by Crippen LogP contribution is -2.13. The molecule has 0 aliphatic heterocycles. The summed E-state index contributed by atoms with van der Waals surface area (Å²) in [4.78, 5) is 23.3. The smallest absolute Gasteiger partial charge is 0.238 e. The van der Waals surface area contributed by atoms with Crippen molar-refractivity contribution in [1.82, 2.24) is 0 Å². The zero-order valence-electron chi connectivity index (χ0n) is 13.5. The Labute approximate surface area is 141 Å². The van der Waals surface area contributed by atoms with Gasteiger partial charge < -0.3 is 10.6 Å². The van der Waals surface area contributed by atoms with Gasteiger partial charge in [-0.25, -0.2) is 0 Å². The number of anilines is 2. The maximum atomic E-state index is 12.0. The van der Waals surface area contributed by atoms with Gasteiger partial charge in [-0.05, 0) is 43.2 Å². The van der Waals surface area contributed by atoms with Crippen LogP contribution in [0.25, 0.3) is 0 Å². The summed E-state index contributed by atoms with van der Waals surface area (Å²) >= 11 is 0. The fourth-order valence-electron chi connectivity index (χ4n) is 2.26. The monoisotopic (exact) mass is 321 g/mol. The van der Waals surface area contributed by atoms with E-state index in [4.69, 9.17) is 5.26 Å². The van der Waals surface area contributed by atoms with Gasteiger partial charge in [-0.2, -0.15) is 5.26 Å². The first-order valence-corrected chi connectivity index (χ1v) is 7.69. The first kappa shape index (κ1) is 17.2. The first-order chi connectivity index (χ1) is 11.6. The van der Waals surface area contributed by atoms with Crippen molar-refractivity contribution in [2.24, 2.45) is 0 Å². The van der Waals surface area contributed by atoms with Crippen LogP contribution in [0.15, 0.2) is 48.5 Å². The van der Waals surface area contributed by atoms with Crippen LogP contribution in [0.3, 0.4) is 0 Å². The highest BCUT2D eigenvalue weighted by molar-refractivity contribution is 5.93. The Morgan fingerprint density at radius 2 is 1.62 bits per heavy atom. The summed E-state index contributed by atoms with van der Waals surface area (Å²) in [6.45, 7) is 2.03. The van der Waals surface area contributed by atoms with Crippen LogP contribution in [0.4, 0.5) is 11.4 Å². The Morgan fingerprint density at radius 1 is 1.00 bits per heavy atom. The van der Waals surface area contributed by atoms with E-state index in [0.29, 0.717) is 24.2 Å². The van der Waals surface area contributed by atoms with E-state index in [-0.39, 0.29) is 18.2 Å². The van der Waals surface area contributed by atoms with Gasteiger partial charge >= 0.3 is 0 Å². The SMILES string of the molecule is Cc1cccc(CCC(=O)Nc2ccc(NC(=O)CC#N)cc2)c1. The van der Waals surface area contributed by atoms with Crippen molar-refractivity contribution in [2.75, 3.05) is 10.6 Å². The Hall–Kier alpha value is -3.13. The Balaban J connectivity index is 1.83. The highest BCUT2D eigenvalue weighted by Crippen LogP contribution is 2.14. The second kappa shape index (κ2) is 8.49. The zero-order valence-corrected chi connectivity index (χ0v) is 13.5. The normalized spacial score (nSPS) is 9.83. The quantitative estimate of drug-likeness (QED) is 0.855. The third-order valence-electron chi connectivity index (χ3n) is 3.42. The highest BCUT2D eigenvalue weighted by Gasteiger charge is 2.05. The molecule has 122 valence electrons. The van der Waals surface area contributed by atoms with Crippen molar-refractivity contribution in [3.05, 3.63) is 59.7 Å². The first-order valence-electron chi connectivity index (χ1n) is 7.69. The number of carbonyl (C=O) groups excluding carboxylic acids is 2. The fourth-order valence-corrected chi connectivity index (χ4v) is 2.26. The molecule has 2 N–H and O–H groups in total. The minimum absolute atomic E-state index is 0.0576. The van der Waals surface area contributed by atoms with Crippen LogP contribution < -0.4 is 10.6 Å². The number of rotatable bonds is 6. The van der Waals surface area contributed by atoms with E-state index in [1.807, 2.05) is 25.1 Å². The molecule has 0 radical (unpaired) electrons. The van der Waals surface area contributed by atoms with E-state index in [2.05, 4.69) is 16.7 Å². The molecule has 0 bridgehead atoms. The van der Waals surface area contributed by atoms with Crippen molar-refractivity contribution in [2.45, 2.75) is 26.2 Å². The van der Waals surface area contributed by atoms with Crippen molar-refractivity contribution in [1.29, 1.82) is 5.26 Å². The molecule has 5 heteroatoms. The molecule has 0 saturated carbocycles. The van der Waals surface area contributed by atoms with Crippen LogP contribution in [0.1, 0.15) is 24.0 Å². The maximum Gasteiger partial charge on any atom is 0.238 e. The lowest BCUT2D eigenvalue weighted by molar-refractivity contribution is -0.116. The van der Waals surface area contributed by atoms with Crippen LogP contribution in [-0.4, -0.2) is 11.8 Å². The van der Waals surface area contributed by atoms with Crippen LogP contribution in [0.5, 0.6) is 0 Å². The second-order valence-corrected chi connectivity index (χ2v) is 5.50. The van der Waals surface area contributed by atoms with Gasteiger partial charge in [0.1, 0.15) is 6.42 Å². The largest absolute Gasteiger partial charge is 0.326 e. The minimum atomic E-state index is -0.354. The van der Waals surface area contributed by atoms with E-state index >= 15 is 0 Å². The van der Waals surface area contributed by atoms with E-state index in [1.54, 1.807) is 30.3 Å². The van der Waals surface area contributed by atoms with Gasteiger partial charge in [0.05, 0.1) is 6.07 Å². The number of benzene rings is 2. The molecule has 0 atom stereocenters. The molecule has 0 spiro atoms. The molecule has 2 aromatic rings. The molecule has 0 saturated heterocycles. The van der Waals surface area contributed by atoms with Crippen molar-refractivity contribution >= 4 is 23.2 Å². The third-order valence-corrected chi connectivity index (χ3v) is 3.42. The van der Waals surface area contributed by atoms with Crippen molar-refractivity contribution in [3.63, 3.8) is 0 Å². The number of hydrogen-bond acceptors (Lipinski definition) is 3. The minimum Gasteiger partial charge on any atom is -0.326 e. The molecule has 0 aliphatic rings. The average molecular weight is 321 g/mol. The van der Waals surface area contributed by atoms with Gasteiger partial charge in [-0.3, -0.25) is 9.59 Å². The number of nitrogens with one attached hydrogen (secondary N) is 2. The van der Waals surface area contributed by atoms with E-state index < -0.39 is 0 Å². The highest BCUT2D eigenvalue weighted by atomic mass is 16.2. The van der Waals surface area contributed by atoms with Gasteiger partial charge in [0, 0.05) is 17.8 Å². The van der Waals surface area contributed by atoms with Gasteiger partial charge in [0.2, 0.25) is 11.8 Å². The number of nitriles is 1. The summed E-state index contributed by atoms with van der Waals surface area (Å²) in [6.07, 6.45) is 0.914. The number of carbonyl (C=O) groups is 2. The molecule has 2 amide bonds. The van der Waals surface area contributed by atoms with Gasteiger partial charge in [0.15, 0.2) is 0 Å². The Morgan fingerprint density at radius 3 is 2.21 bits per heavy atom. The van der Waals surface area contributed by atoms with Crippen LogP contribution >= 0.6 is 0 Å². The topological polar surface area (TPSA) is 82.0 Å². The molecule has 0 aromatic heterocycles. The molecule has 5 nitrogen and oxygen atoms in total. The summed E-state index contributed by atoms with van der Waals surface area (Å²) in [7, 11) is 0. The summed E-state index contributed by atoms with van der Waals surface area (Å²) in [5, 5.41) is 13.9. The molecule has 0 fully saturated rings. The van der Waals surface area contributed by atoms with E-state index in [1.165, 1.54) is 5.56 Å². The van der Waals surface area contributed by atoms with E-state index in [0.717, 1.165) is 5.56 Å². The van der Waals surface area contributed by atoms with E-state index in [9.17, 15) is 9.59 Å². The van der Waals surface area contributed by atoms with Crippen molar-refractivity contribution < 1.29 is 9.59 Å². The maximum absolute atomic E-state index is 12.0. The van der Waals surface area contributed by atoms with Gasteiger partial charge in [-0.1, -0.05) is 29.8 Å². The Kier molecular flexibility index (Phi) is 6.09. The van der Waals surface area contributed by atoms with Crippen molar-refractivity contribution in [3.8, 4) is 6.07 Å². The number of nitrogens with zero attached hydrogens (tertiary/aromatic N) is 1. The molecule has 2 aromatic carbocycles. The molecule has 24 heavy (non-hydrogen) atoms. The van der Waals surface area contributed by atoms with Crippen LogP contribution in [0, 0.1) is 18.3 Å². The lowest BCUT2D eigenvalue weighted by atomic mass is 10.1. The summed E-state index contributed by atoms with van der Waals surface area (Å²) < 4.78 is 0. The second-order valence-electron chi connectivity index (χ2n) is 5.50. The zero-order chi connectivity index (χ0) is 17.4. The number of aryl methyl sites for hydroxylation is 2. The van der Waals surface area contributed by atoms with Gasteiger partial charge in [0.25, 0.3) is 0 Å². The molecular formula is C19H19N3O2. The molecule has 0 aliphatic carbocycles. The molecule has 0 heterocycles. The standard InChI is InChI=1S/C19H19N3O2/c1-14-3-2-4-15(13-14)5-10-18(23)21-16-6-8-17(9-7-16)22-19(24)11-12-20/h2-4,6-9,13H,5,10-11H2,1H3,(H,21,23)(H,22,24).